The summed E-state index contributed by atoms with van der Waals surface area (Å²) in [5.74, 6) is 1.36. The number of amides is 1. The SMILES string of the molecule is CN(Cc1ccc(Cl)s1)C(=O)CSCc1cccc(Cl)c1. The van der Waals surface area contributed by atoms with Crippen molar-refractivity contribution in [3.8, 4) is 0 Å². The molecule has 112 valence electrons. The van der Waals surface area contributed by atoms with E-state index in [1.54, 1.807) is 16.7 Å². The largest absolute Gasteiger partial charge is 0.340 e. The molecule has 2 rings (SSSR count). The van der Waals surface area contributed by atoms with Crippen molar-refractivity contribution in [3.63, 3.8) is 0 Å². The first-order valence-electron chi connectivity index (χ1n) is 6.35. The van der Waals surface area contributed by atoms with Crippen molar-refractivity contribution in [1.29, 1.82) is 0 Å². The van der Waals surface area contributed by atoms with Gasteiger partial charge in [0.25, 0.3) is 0 Å². The molecule has 0 saturated carbocycles. The summed E-state index contributed by atoms with van der Waals surface area (Å²) in [5, 5.41) is 0.728. The predicted octanol–water partition coefficient (Wildman–Crippen LogP) is 4.95. The second-order valence-corrected chi connectivity index (χ2v) is 7.80. The van der Waals surface area contributed by atoms with Crippen molar-refractivity contribution in [3.05, 3.63) is 56.2 Å². The Kier molecular flexibility index (Phi) is 6.42. The lowest BCUT2D eigenvalue weighted by Crippen LogP contribution is -2.27. The molecule has 0 aliphatic heterocycles. The van der Waals surface area contributed by atoms with Crippen LogP contribution in [0.3, 0.4) is 0 Å². The van der Waals surface area contributed by atoms with Crippen molar-refractivity contribution in [2.45, 2.75) is 12.3 Å². The van der Waals surface area contributed by atoms with Crippen molar-refractivity contribution in [2.75, 3.05) is 12.8 Å². The van der Waals surface area contributed by atoms with E-state index in [0.717, 1.165) is 25.6 Å². The quantitative estimate of drug-likeness (QED) is 0.727. The maximum absolute atomic E-state index is 12.1. The minimum absolute atomic E-state index is 0.117. The molecule has 0 aliphatic rings. The van der Waals surface area contributed by atoms with Crippen molar-refractivity contribution < 1.29 is 4.79 Å². The number of hydrogen-bond donors (Lipinski definition) is 0. The Balaban J connectivity index is 1.76. The number of benzene rings is 1. The zero-order valence-corrected chi connectivity index (χ0v) is 14.7. The zero-order chi connectivity index (χ0) is 15.2. The molecule has 6 heteroatoms. The van der Waals surface area contributed by atoms with Gasteiger partial charge in [-0.15, -0.1) is 23.1 Å². The van der Waals surface area contributed by atoms with Crippen LogP contribution in [0.25, 0.3) is 0 Å². The number of halogens is 2. The Labute approximate surface area is 143 Å². The van der Waals surface area contributed by atoms with Crippen LogP contribution >= 0.6 is 46.3 Å². The molecule has 0 spiro atoms. The lowest BCUT2D eigenvalue weighted by molar-refractivity contribution is -0.127. The average molecular weight is 360 g/mol. The average Bonchev–Trinajstić information content (AvgIpc) is 2.84. The highest BCUT2D eigenvalue weighted by Crippen LogP contribution is 2.23. The van der Waals surface area contributed by atoms with Crippen LogP contribution in [0.15, 0.2) is 36.4 Å². The molecular weight excluding hydrogens is 345 g/mol. The first-order chi connectivity index (χ1) is 10.0. The molecule has 1 heterocycles. The maximum Gasteiger partial charge on any atom is 0.232 e. The van der Waals surface area contributed by atoms with Crippen molar-refractivity contribution >= 4 is 52.2 Å². The van der Waals surface area contributed by atoms with Gasteiger partial charge in [0.1, 0.15) is 0 Å². The Morgan fingerprint density at radius 3 is 2.76 bits per heavy atom. The molecule has 2 aromatic rings. The van der Waals surface area contributed by atoms with E-state index in [0.29, 0.717) is 12.3 Å². The topological polar surface area (TPSA) is 20.3 Å². The molecular formula is C15H15Cl2NOS2. The Morgan fingerprint density at radius 2 is 2.10 bits per heavy atom. The van der Waals surface area contributed by atoms with Crippen LogP contribution < -0.4 is 0 Å². The second kappa shape index (κ2) is 8.08. The van der Waals surface area contributed by atoms with Gasteiger partial charge in [-0.3, -0.25) is 4.79 Å². The molecule has 0 N–H and O–H groups in total. The van der Waals surface area contributed by atoms with Gasteiger partial charge in [-0.05, 0) is 29.8 Å². The Bertz CT molecular complexity index is 615. The summed E-state index contributed by atoms with van der Waals surface area (Å²) in [6.45, 7) is 0.605. The summed E-state index contributed by atoms with van der Waals surface area (Å²) < 4.78 is 0.751. The van der Waals surface area contributed by atoms with Gasteiger partial charge in [-0.2, -0.15) is 0 Å². The number of nitrogens with zero attached hydrogens (tertiary/aromatic N) is 1. The fourth-order valence-corrected chi connectivity index (χ4v) is 4.02. The van der Waals surface area contributed by atoms with Gasteiger partial charge in [0.2, 0.25) is 5.91 Å². The highest BCUT2D eigenvalue weighted by Gasteiger charge is 2.10. The molecule has 1 amide bonds. The van der Waals surface area contributed by atoms with E-state index in [2.05, 4.69) is 0 Å². The van der Waals surface area contributed by atoms with Gasteiger partial charge in [-0.25, -0.2) is 0 Å². The highest BCUT2D eigenvalue weighted by atomic mass is 35.5. The molecule has 0 radical (unpaired) electrons. The van der Waals surface area contributed by atoms with Gasteiger partial charge in [-0.1, -0.05) is 35.3 Å². The fourth-order valence-electron chi connectivity index (χ4n) is 1.75. The van der Waals surface area contributed by atoms with E-state index in [-0.39, 0.29) is 5.91 Å². The molecule has 0 aliphatic carbocycles. The summed E-state index contributed by atoms with van der Waals surface area (Å²) in [4.78, 5) is 14.9. The third-order valence-corrected chi connectivity index (χ3v) is 5.27. The first-order valence-corrected chi connectivity index (χ1v) is 9.07. The fraction of sp³-hybridized carbons (Fsp3) is 0.267. The van der Waals surface area contributed by atoms with E-state index >= 15 is 0 Å². The van der Waals surface area contributed by atoms with E-state index in [9.17, 15) is 4.79 Å². The number of thioether (sulfide) groups is 1. The summed E-state index contributed by atoms with van der Waals surface area (Å²) in [6, 6.07) is 11.5. The van der Waals surface area contributed by atoms with Gasteiger partial charge in [0.15, 0.2) is 0 Å². The number of hydrogen-bond acceptors (Lipinski definition) is 3. The van der Waals surface area contributed by atoms with Gasteiger partial charge < -0.3 is 4.90 Å². The smallest absolute Gasteiger partial charge is 0.232 e. The Morgan fingerprint density at radius 1 is 1.29 bits per heavy atom. The number of rotatable bonds is 6. The van der Waals surface area contributed by atoms with Crippen LogP contribution in [0.4, 0.5) is 0 Å². The van der Waals surface area contributed by atoms with Gasteiger partial charge in [0.05, 0.1) is 16.6 Å². The zero-order valence-electron chi connectivity index (χ0n) is 11.5. The van der Waals surface area contributed by atoms with Crippen molar-refractivity contribution in [2.24, 2.45) is 0 Å². The van der Waals surface area contributed by atoms with E-state index in [1.165, 1.54) is 11.3 Å². The molecule has 0 unspecified atom stereocenters. The van der Waals surface area contributed by atoms with Crippen LogP contribution in [-0.4, -0.2) is 23.6 Å². The lowest BCUT2D eigenvalue weighted by atomic mass is 10.2. The summed E-state index contributed by atoms with van der Waals surface area (Å²) >= 11 is 14.9. The number of carbonyl (C=O) groups is 1. The molecule has 21 heavy (non-hydrogen) atoms. The minimum Gasteiger partial charge on any atom is -0.340 e. The van der Waals surface area contributed by atoms with Crippen LogP contribution in [-0.2, 0) is 17.1 Å². The molecule has 0 fully saturated rings. The third-order valence-electron chi connectivity index (χ3n) is 2.83. The molecule has 0 saturated heterocycles. The predicted molar refractivity (Wildman–Crippen MR) is 93.4 cm³/mol. The van der Waals surface area contributed by atoms with Gasteiger partial charge in [0, 0.05) is 22.7 Å². The lowest BCUT2D eigenvalue weighted by Gasteiger charge is -2.15. The second-order valence-electron chi connectivity index (χ2n) is 4.58. The summed E-state index contributed by atoms with van der Waals surface area (Å²) in [6.07, 6.45) is 0. The number of thiophene rings is 1. The van der Waals surface area contributed by atoms with E-state index in [4.69, 9.17) is 23.2 Å². The monoisotopic (exact) mass is 359 g/mol. The molecule has 1 aromatic carbocycles. The van der Waals surface area contributed by atoms with Crippen molar-refractivity contribution in [1.82, 2.24) is 4.90 Å². The number of carbonyl (C=O) groups excluding carboxylic acids is 1. The summed E-state index contributed by atoms with van der Waals surface area (Å²) in [5.41, 5.74) is 1.13. The molecule has 0 atom stereocenters. The van der Waals surface area contributed by atoms with Crippen LogP contribution in [0.1, 0.15) is 10.4 Å². The normalized spacial score (nSPS) is 10.6. The van der Waals surface area contributed by atoms with E-state index < -0.39 is 0 Å². The molecule has 1 aromatic heterocycles. The minimum atomic E-state index is 0.117. The van der Waals surface area contributed by atoms with Crippen LogP contribution in [0.2, 0.25) is 9.36 Å². The Hall–Kier alpha value is -0.680. The van der Waals surface area contributed by atoms with Gasteiger partial charge >= 0.3 is 0 Å². The third kappa shape index (κ3) is 5.55. The van der Waals surface area contributed by atoms with E-state index in [1.807, 2.05) is 43.4 Å². The van der Waals surface area contributed by atoms with Crippen LogP contribution in [0, 0.1) is 0 Å². The molecule has 2 nitrogen and oxygen atoms in total. The molecule has 0 bridgehead atoms. The maximum atomic E-state index is 12.1. The highest BCUT2D eigenvalue weighted by molar-refractivity contribution is 7.99. The summed E-state index contributed by atoms with van der Waals surface area (Å²) in [7, 11) is 1.82. The first kappa shape index (κ1) is 16.7. The van der Waals surface area contributed by atoms with Crippen LogP contribution in [0.5, 0.6) is 0 Å². The standard InChI is InChI=1S/C15H15Cl2NOS2/c1-18(8-13-5-6-14(17)21-13)15(19)10-20-9-11-3-2-4-12(16)7-11/h2-7H,8-10H2,1H3.